The maximum Gasteiger partial charge on any atom is 0.106 e. The molecule has 0 amide bonds. The minimum absolute atomic E-state index is 0.0580. The molecule has 1 heterocycles. The molecule has 20 heavy (non-hydrogen) atoms. The first-order valence-electron chi connectivity index (χ1n) is 7.85. The zero-order chi connectivity index (χ0) is 14.9. The van der Waals surface area contributed by atoms with Gasteiger partial charge in [0.1, 0.15) is 6.10 Å². The summed E-state index contributed by atoms with van der Waals surface area (Å²) in [6.07, 6.45) is 0.478. The first-order chi connectivity index (χ1) is 9.41. The standard InChI is InChI=1S/C18H28O2/c1-11(2)14-6-7-15(16(10-14)12(3)4)17(19)18-13(5)8-9-20-18/h6-7,10-13,17-19H,8-9H2,1-5H3. The summed E-state index contributed by atoms with van der Waals surface area (Å²) in [5.41, 5.74) is 3.64. The maximum atomic E-state index is 10.7. The molecule has 0 aliphatic carbocycles. The summed E-state index contributed by atoms with van der Waals surface area (Å²) < 4.78 is 5.74. The van der Waals surface area contributed by atoms with Gasteiger partial charge < -0.3 is 9.84 Å². The van der Waals surface area contributed by atoms with Crippen molar-refractivity contribution in [1.29, 1.82) is 0 Å². The molecule has 112 valence electrons. The molecule has 0 bridgehead atoms. The van der Waals surface area contributed by atoms with Crippen molar-refractivity contribution in [3.05, 3.63) is 34.9 Å². The Kier molecular flexibility index (Phi) is 4.87. The molecule has 1 aromatic carbocycles. The first-order valence-corrected chi connectivity index (χ1v) is 7.85. The Morgan fingerprint density at radius 2 is 1.80 bits per heavy atom. The molecule has 3 unspecified atom stereocenters. The van der Waals surface area contributed by atoms with Gasteiger partial charge >= 0.3 is 0 Å². The predicted octanol–water partition coefficient (Wildman–Crippen LogP) is 4.39. The second-order valence-electron chi connectivity index (χ2n) is 6.74. The Morgan fingerprint density at radius 1 is 1.10 bits per heavy atom. The van der Waals surface area contributed by atoms with Gasteiger partial charge in [-0.15, -0.1) is 0 Å². The molecular weight excluding hydrogens is 248 g/mol. The normalized spacial score (nSPS) is 24.6. The third kappa shape index (κ3) is 3.07. The van der Waals surface area contributed by atoms with Gasteiger partial charge in [-0.25, -0.2) is 0 Å². The van der Waals surface area contributed by atoms with Gasteiger partial charge in [0.05, 0.1) is 6.10 Å². The fraction of sp³-hybridized carbons (Fsp3) is 0.667. The number of hydrogen-bond acceptors (Lipinski definition) is 2. The van der Waals surface area contributed by atoms with Crippen LogP contribution in [-0.2, 0) is 4.74 Å². The van der Waals surface area contributed by atoms with Gasteiger partial charge in [-0.05, 0) is 40.9 Å². The van der Waals surface area contributed by atoms with Gasteiger partial charge in [-0.3, -0.25) is 0 Å². The second-order valence-corrected chi connectivity index (χ2v) is 6.74. The molecule has 1 saturated heterocycles. The topological polar surface area (TPSA) is 29.5 Å². The molecule has 2 nitrogen and oxygen atoms in total. The van der Waals surface area contributed by atoms with Crippen molar-refractivity contribution in [3.63, 3.8) is 0 Å². The average molecular weight is 276 g/mol. The molecule has 2 heteroatoms. The van der Waals surface area contributed by atoms with Crippen molar-refractivity contribution in [2.75, 3.05) is 6.61 Å². The number of rotatable bonds is 4. The summed E-state index contributed by atoms with van der Waals surface area (Å²) >= 11 is 0. The molecule has 0 aromatic heterocycles. The van der Waals surface area contributed by atoms with E-state index in [0.29, 0.717) is 17.8 Å². The van der Waals surface area contributed by atoms with E-state index in [-0.39, 0.29) is 6.10 Å². The largest absolute Gasteiger partial charge is 0.386 e. The molecule has 2 rings (SSSR count). The number of hydrogen-bond donors (Lipinski definition) is 1. The Balaban J connectivity index is 2.35. The maximum absolute atomic E-state index is 10.7. The molecule has 0 radical (unpaired) electrons. The van der Waals surface area contributed by atoms with Gasteiger partial charge in [0.15, 0.2) is 0 Å². The van der Waals surface area contributed by atoms with Crippen molar-refractivity contribution in [2.24, 2.45) is 5.92 Å². The highest BCUT2D eigenvalue weighted by Crippen LogP contribution is 2.35. The summed E-state index contributed by atoms with van der Waals surface area (Å²) in [5.74, 6) is 1.35. The lowest BCUT2D eigenvalue weighted by atomic mass is 9.86. The van der Waals surface area contributed by atoms with Crippen LogP contribution in [0.15, 0.2) is 18.2 Å². The quantitative estimate of drug-likeness (QED) is 0.883. The van der Waals surface area contributed by atoms with Crippen molar-refractivity contribution in [1.82, 2.24) is 0 Å². The van der Waals surface area contributed by atoms with E-state index in [9.17, 15) is 5.11 Å². The first kappa shape index (κ1) is 15.5. The van der Waals surface area contributed by atoms with E-state index in [4.69, 9.17) is 4.74 Å². The third-order valence-electron chi connectivity index (χ3n) is 4.47. The van der Waals surface area contributed by atoms with Crippen LogP contribution >= 0.6 is 0 Å². The number of aliphatic hydroxyl groups is 1. The summed E-state index contributed by atoms with van der Waals surface area (Å²) in [6.45, 7) is 11.7. The van der Waals surface area contributed by atoms with Crippen LogP contribution in [0.25, 0.3) is 0 Å². The smallest absolute Gasteiger partial charge is 0.106 e. The highest BCUT2D eigenvalue weighted by atomic mass is 16.5. The number of ether oxygens (including phenoxy) is 1. The number of aliphatic hydroxyl groups excluding tert-OH is 1. The van der Waals surface area contributed by atoms with Crippen LogP contribution in [0.1, 0.15) is 75.7 Å². The Morgan fingerprint density at radius 3 is 2.30 bits per heavy atom. The van der Waals surface area contributed by atoms with Crippen LogP contribution in [-0.4, -0.2) is 17.8 Å². The van der Waals surface area contributed by atoms with E-state index in [1.54, 1.807) is 0 Å². The molecule has 1 aromatic rings. The van der Waals surface area contributed by atoms with Gasteiger partial charge in [0.2, 0.25) is 0 Å². The number of benzene rings is 1. The zero-order valence-electron chi connectivity index (χ0n) is 13.4. The van der Waals surface area contributed by atoms with Crippen LogP contribution in [0.5, 0.6) is 0 Å². The summed E-state index contributed by atoms with van der Waals surface area (Å²) in [5, 5.41) is 10.7. The SMILES string of the molecule is CC(C)c1ccc(C(O)C2OCCC2C)c(C(C)C)c1. The average Bonchev–Trinajstić information content (AvgIpc) is 2.83. The van der Waals surface area contributed by atoms with Crippen molar-refractivity contribution >= 4 is 0 Å². The molecule has 1 aliphatic heterocycles. The van der Waals surface area contributed by atoms with E-state index >= 15 is 0 Å². The lowest BCUT2D eigenvalue weighted by molar-refractivity contribution is -0.0183. The van der Waals surface area contributed by atoms with Crippen LogP contribution < -0.4 is 0 Å². The summed E-state index contributed by atoms with van der Waals surface area (Å²) in [7, 11) is 0. The molecular formula is C18H28O2. The molecule has 1 fully saturated rings. The van der Waals surface area contributed by atoms with E-state index in [1.807, 2.05) is 0 Å². The van der Waals surface area contributed by atoms with E-state index < -0.39 is 6.10 Å². The van der Waals surface area contributed by atoms with Gasteiger partial charge in [0, 0.05) is 6.61 Å². The fourth-order valence-electron chi connectivity index (χ4n) is 3.02. The predicted molar refractivity (Wildman–Crippen MR) is 83.1 cm³/mol. The Bertz CT molecular complexity index is 451. The monoisotopic (exact) mass is 276 g/mol. The van der Waals surface area contributed by atoms with Gasteiger partial charge in [0.25, 0.3) is 0 Å². The molecule has 1 N–H and O–H groups in total. The van der Waals surface area contributed by atoms with Crippen molar-refractivity contribution in [2.45, 2.75) is 65.1 Å². The van der Waals surface area contributed by atoms with E-state index in [2.05, 4.69) is 52.8 Å². The van der Waals surface area contributed by atoms with Crippen LogP contribution in [0, 0.1) is 5.92 Å². The summed E-state index contributed by atoms with van der Waals surface area (Å²) in [6, 6.07) is 6.51. The Labute approximate surface area is 123 Å². The highest BCUT2D eigenvalue weighted by molar-refractivity contribution is 5.37. The van der Waals surface area contributed by atoms with E-state index in [0.717, 1.165) is 18.6 Å². The molecule has 0 spiro atoms. The second kappa shape index (κ2) is 6.28. The van der Waals surface area contributed by atoms with Crippen molar-refractivity contribution in [3.8, 4) is 0 Å². The zero-order valence-corrected chi connectivity index (χ0v) is 13.4. The van der Waals surface area contributed by atoms with Crippen molar-refractivity contribution < 1.29 is 9.84 Å². The minimum atomic E-state index is -0.508. The van der Waals surface area contributed by atoms with Crippen LogP contribution in [0.3, 0.4) is 0 Å². The summed E-state index contributed by atoms with van der Waals surface area (Å²) in [4.78, 5) is 0. The molecule has 0 saturated carbocycles. The third-order valence-corrected chi connectivity index (χ3v) is 4.47. The van der Waals surface area contributed by atoms with Crippen LogP contribution in [0.4, 0.5) is 0 Å². The van der Waals surface area contributed by atoms with Crippen LogP contribution in [0.2, 0.25) is 0 Å². The fourth-order valence-corrected chi connectivity index (χ4v) is 3.02. The highest BCUT2D eigenvalue weighted by Gasteiger charge is 2.33. The minimum Gasteiger partial charge on any atom is -0.386 e. The molecule has 3 atom stereocenters. The van der Waals surface area contributed by atoms with Gasteiger partial charge in [-0.1, -0.05) is 52.8 Å². The van der Waals surface area contributed by atoms with E-state index in [1.165, 1.54) is 11.1 Å². The van der Waals surface area contributed by atoms with Gasteiger partial charge in [-0.2, -0.15) is 0 Å². The Hall–Kier alpha value is -0.860. The molecule has 1 aliphatic rings. The lowest BCUT2D eigenvalue weighted by Gasteiger charge is -2.26. The lowest BCUT2D eigenvalue weighted by Crippen LogP contribution is -2.24.